The zero-order valence-electron chi connectivity index (χ0n) is 12.4. The number of nitrogens with zero attached hydrogens (tertiary/aromatic N) is 5. The maximum Gasteiger partial charge on any atom is 0.333 e. The molecule has 0 fully saturated rings. The van der Waals surface area contributed by atoms with Crippen molar-refractivity contribution in [1.29, 1.82) is 0 Å². The second-order valence-corrected chi connectivity index (χ2v) is 6.75. The van der Waals surface area contributed by atoms with Crippen LogP contribution in [-0.2, 0) is 23.1 Å². The lowest BCUT2D eigenvalue weighted by Gasteiger charge is -2.17. The Morgan fingerprint density at radius 3 is 2.64 bits per heavy atom. The first-order valence-corrected chi connectivity index (χ1v) is 8.02. The molecule has 0 unspecified atom stereocenters. The van der Waals surface area contributed by atoms with E-state index in [2.05, 4.69) is 10.2 Å². The summed E-state index contributed by atoms with van der Waals surface area (Å²) in [7, 11) is -2.52. The SMILES string of the molecule is CCn1nccc1CN(C)S(=O)(=O)c1cn(C(F)F)nc1C. The molecule has 0 saturated heterocycles. The van der Waals surface area contributed by atoms with Crippen LogP contribution in [0.3, 0.4) is 0 Å². The number of aryl methyl sites for hydroxylation is 2. The van der Waals surface area contributed by atoms with Crippen LogP contribution in [0.2, 0.25) is 0 Å². The summed E-state index contributed by atoms with van der Waals surface area (Å²) in [6.07, 6.45) is 2.43. The van der Waals surface area contributed by atoms with Crippen LogP contribution in [0.5, 0.6) is 0 Å². The van der Waals surface area contributed by atoms with Crippen LogP contribution >= 0.6 is 0 Å². The van der Waals surface area contributed by atoms with E-state index in [0.717, 1.165) is 10.5 Å². The van der Waals surface area contributed by atoms with E-state index >= 15 is 0 Å². The molecule has 0 amide bonds. The third kappa shape index (κ3) is 3.02. The maximum atomic E-state index is 12.6. The third-order valence-corrected chi connectivity index (χ3v) is 5.15. The Hall–Kier alpha value is -1.81. The second kappa shape index (κ2) is 6.13. The first-order valence-electron chi connectivity index (χ1n) is 6.58. The van der Waals surface area contributed by atoms with Crippen LogP contribution in [0.4, 0.5) is 8.78 Å². The summed E-state index contributed by atoms with van der Waals surface area (Å²) < 4.78 is 53.4. The molecule has 0 aliphatic carbocycles. The van der Waals surface area contributed by atoms with E-state index in [0.29, 0.717) is 16.9 Å². The zero-order valence-corrected chi connectivity index (χ0v) is 13.3. The number of sulfonamides is 1. The second-order valence-electron chi connectivity index (χ2n) is 4.74. The van der Waals surface area contributed by atoms with Gasteiger partial charge in [0.1, 0.15) is 4.90 Å². The van der Waals surface area contributed by atoms with Crippen molar-refractivity contribution in [3.8, 4) is 0 Å². The Morgan fingerprint density at radius 2 is 2.09 bits per heavy atom. The molecule has 0 aliphatic rings. The molecule has 2 heterocycles. The number of alkyl halides is 2. The van der Waals surface area contributed by atoms with Gasteiger partial charge in [-0.25, -0.2) is 13.1 Å². The van der Waals surface area contributed by atoms with E-state index in [-0.39, 0.29) is 17.1 Å². The summed E-state index contributed by atoms with van der Waals surface area (Å²) in [5, 5.41) is 7.60. The van der Waals surface area contributed by atoms with E-state index in [9.17, 15) is 17.2 Å². The smallest absolute Gasteiger partial charge is 0.269 e. The van der Waals surface area contributed by atoms with Crippen LogP contribution in [0.25, 0.3) is 0 Å². The number of halogens is 2. The normalized spacial score (nSPS) is 12.5. The molecule has 2 rings (SSSR count). The average molecular weight is 333 g/mol. The van der Waals surface area contributed by atoms with Crippen molar-refractivity contribution in [1.82, 2.24) is 23.9 Å². The van der Waals surface area contributed by atoms with Gasteiger partial charge in [-0.3, -0.25) is 4.68 Å². The van der Waals surface area contributed by atoms with E-state index in [1.807, 2.05) is 6.92 Å². The lowest BCUT2D eigenvalue weighted by Crippen LogP contribution is -2.28. The molecule has 2 aromatic rings. The highest BCUT2D eigenvalue weighted by atomic mass is 32.2. The Labute approximate surface area is 127 Å². The van der Waals surface area contributed by atoms with Gasteiger partial charge in [-0.05, 0) is 19.9 Å². The van der Waals surface area contributed by atoms with Crippen molar-refractivity contribution >= 4 is 10.0 Å². The van der Waals surface area contributed by atoms with Gasteiger partial charge in [0, 0.05) is 19.8 Å². The van der Waals surface area contributed by atoms with E-state index in [1.54, 1.807) is 16.9 Å². The molecule has 0 bridgehead atoms. The van der Waals surface area contributed by atoms with Gasteiger partial charge in [-0.2, -0.15) is 23.3 Å². The van der Waals surface area contributed by atoms with Gasteiger partial charge in [0.25, 0.3) is 0 Å². The van der Waals surface area contributed by atoms with E-state index in [1.165, 1.54) is 14.0 Å². The molecule has 2 aromatic heterocycles. The van der Waals surface area contributed by atoms with Crippen molar-refractivity contribution in [2.45, 2.75) is 38.4 Å². The molecule has 10 heteroatoms. The molecule has 0 N–H and O–H groups in total. The fourth-order valence-corrected chi connectivity index (χ4v) is 3.37. The standard InChI is InChI=1S/C12H17F2N5O2S/c1-4-18-10(5-6-15-18)7-17(3)22(20,21)11-8-19(12(13)14)16-9(11)2/h5-6,8,12H,4,7H2,1-3H3. The third-order valence-electron chi connectivity index (χ3n) is 3.25. The predicted octanol–water partition coefficient (Wildman–Crippen LogP) is 1.62. The van der Waals surface area contributed by atoms with Crippen molar-refractivity contribution in [3.63, 3.8) is 0 Å². The molecule has 0 atom stereocenters. The topological polar surface area (TPSA) is 73.0 Å². The minimum absolute atomic E-state index is 0.0381. The van der Waals surface area contributed by atoms with Gasteiger partial charge >= 0.3 is 6.55 Å². The summed E-state index contributed by atoms with van der Waals surface area (Å²) in [6, 6.07) is 1.71. The number of hydrogen-bond acceptors (Lipinski definition) is 4. The van der Waals surface area contributed by atoms with Crippen molar-refractivity contribution in [3.05, 3.63) is 29.8 Å². The Kier molecular flexibility index (Phi) is 4.61. The Balaban J connectivity index is 2.30. The zero-order chi connectivity index (χ0) is 16.5. The van der Waals surface area contributed by atoms with Gasteiger partial charge in [-0.1, -0.05) is 0 Å². The molecule has 0 saturated carbocycles. The highest BCUT2D eigenvalue weighted by molar-refractivity contribution is 7.89. The summed E-state index contributed by atoms with van der Waals surface area (Å²) in [6.45, 7) is 1.10. The number of rotatable bonds is 6. The minimum atomic E-state index is -3.91. The van der Waals surface area contributed by atoms with Crippen LogP contribution in [0.1, 0.15) is 24.9 Å². The van der Waals surface area contributed by atoms with Crippen molar-refractivity contribution < 1.29 is 17.2 Å². The molecule has 0 aliphatic heterocycles. The largest absolute Gasteiger partial charge is 0.333 e. The first kappa shape index (κ1) is 16.6. The van der Waals surface area contributed by atoms with Gasteiger partial charge in [0.2, 0.25) is 10.0 Å². The van der Waals surface area contributed by atoms with E-state index < -0.39 is 16.6 Å². The molecule has 0 spiro atoms. The quantitative estimate of drug-likeness (QED) is 0.805. The van der Waals surface area contributed by atoms with Gasteiger partial charge in [0.05, 0.1) is 24.1 Å². The van der Waals surface area contributed by atoms with Crippen LogP contribution in [0, 0.1) is 6.92 Å². The van der Waals surface area contributed by atoms with Gasteiger partial charge in [-0.15, -0.1) is 0 Å². The van der Waals surface area contributed by atoms with Crippen LogP contribution in [-0.4, -0.2) is 39.3 Å². The molecule has 0 aromatic carbocycles. The van der Waals surface area contributed by atoms with E-state index in [4.69, 9.17) is 0 Å². The van der Waals surface area contributed by atoms with Crippen molar-refractivity contribution in [2.75, 3.05) is 7.05 Å². The fraction of sp³-hybridized carbons (Fsp3) is 0.500. The van der Waals surface area contributed by atoms with Gasteiger partial charge < -0.3 is 0 Å². The highest BCUT2D eigenvalue weighted by Crippen LogP contribution is 2.22. The molecule has 122 valence electrons. The molecule has 7 nitrogen and oxygen atoms in total. The molecular formula is C12H17F2N5O2S. The van der Waals surface area contributed by atoms with Crippen molar-refractivity contribution in [2.24, 2.45) is 0 Å². The number of hydrogen-bond donors (Lipinski definition) is 0. The Bertz CT molecular complexity index is 753. The molecule has 22 heavy (non-hydrogen) atoms. The monoisotopic (exact) mass is 333 g/mol. The summed E-state index contributed by atoms with van der Waals surface area (Å²) in [4.78, 5) is -0.224. The number of aromatic nitrogens is 4. The maximum absolute atomic E-state index is 12.6. The minimum Gasteiger partial charge on any atom is -0.269 e. The fourth-order valence-electron chi connectivity index (χ4n) is 2.08. The Morgan fingerprint density at radius 1 is 1.41 bits per heavy atom. The summed E-state index contributed by atoms with van der Waals surface area (Å²) in [5.74, 6) is 0. The first-order chi connectivity index (χ1) is 10.3. The van der Waals surface area contributed by atoms with Gasteiger partial charge in [0.15, 0.2) is 0 Å². The molecular weight excluding hydrogens is 316 g/mol. The van der Waals surface area contributed by atoms with Crippen LogP contribution < -0.4 is 0 Å². The average Bonchev–Trinajstić information content (AvgIpc) is 3.05. The molecule has 0 radical (unpaired) electrons. The summed E-state index contributed by atoms with van der Waals surface area (Å²) in [5.41, 5.74) is 0.753. The summed E-state index contributed by atoms with van der Waals surface area (Å²) >= 11 is 0. The predicted molar refractivity (Wildman–Crippen MR) is 74.8 cm³/mol. The van der Waals surface area contributed by atoms with Crippen LogP contribution in [0.15, 0.2) is 23.4 Å². The lowest BCUT2D eigenvalue weighted by molar-refractivity contribution is 0.0561. The lowest BCUT2D eigenvalue weighted by atomic mass is 10.4. The highest BCUT2D eigenvalue weighted by Gasteiger charge is 2.27.